The van der Waals surface area contributed by atoms with E-state index in [1.807, 2.05) is 12.1 Å². The lowest BCUT2D eigenvalue weighted by atomic mass is 9.91. The van der Waals surface area contributed by atoms with Gasteiger partial charge >= 0.3 is 0 Å². The fraction of sp³-hybridized carbons (Fsp3) is 0.625. The summed E-state index contributed by atoms with van der Waals surface area (Å²) < 4.78 is 0. The molecule has 0 N–H and O–H groups in total. The van der Waals surface area contributed by atoms with E-state index in [-0.39, 0.29) is 0 Å². The van der Waals surface area contributed by atoms with Gasteiger partial charge in [-0.15, -0.1) is 0 Å². The zero-order valence-corrected chi connectivity index (χ0v) is 12.0. The minimum Gasteiger partial charge on any atom is -0.0843 e. The Labute approximate surface area is 111 Å². The van der Waals surface area contributed by atoms with Crippen molar-refractivity contribution in [2.45, 2.75) is 58.8 Å². The van der Waals surface area contributed by atoms with Crippen molar-refractivity contribution in [2.24, 2.45) is 5.92 Å². The smallest absolute Gasteiger partial charge is 0.0406 e. The largest absolute Gasteiger partial charge is 0.0843 e. The summed E-state index contributed by atoms with van der Waals surface area (Å²) in [5, 5.41) is 0.838. The Morgan fingerprint density at radius 3 is 2.24 bits per heavy atom. The fourth-order valence-electron chi connectivity index (χ4n) is 2.36. The maximum Gasteiger partial charge on any atom is 0.0406 e. The molecule has 1 atom stereocenters. The lowest BCUT2D eigenvalue weighted by molar-refractivity contribution is 0.402. The molecule has 1 heteroatoms. The van der Waals surface area contributed by atoms with Gasteiger partial charge in [-0.25, -0.2) is 0 Å². The zero-order valence-electron chi connectivity index (χ0n) is 11.2. The molecular weight excluding hydrogens is 228 g/mol. The van der Waals surface area contributed by atoms with Crippen molar-refractivity contribution in [3.8, 4) is 0 Å². The molecular formula is C16H25Cl. The van der Waals surface area contributed by atoms with Crippen LogP contribution >= 0.6 is 11.6 Å². The van der Waals surface area contributed by atoms with Crippen LogP contribution in [0, 0.1) is 5.92 Å². The average molecular weight is 253 g/mol. The predicted molar refractivity (Wildman–Crippen MR) is 77.7 cm³/mol. The van der Waals surface area contributed by atoms with E-state index >= 15 is 0 Å². The van der Waals surface area contributed by atoms with Crippen molar-refractivity contribution in [3.05, 3.63) is 34.9 Å². The molecule has 17 heavy (non-hydrogen) atoms. The summed E-state index contributed by atoms with van der Waals surface area (Å²) in [6.45, 7) is 4.57. The summed E-state index contributed by atoms with van der Waals surface area (Å²) in [5.41, 5.74) is 1.42. The minimum absolute atomic E-state index is 0.838. The Bertz CT molecular complexity index is 289. The number of unbranched alkanes of at least 4 members (excludes halogenated alkanes) is 1. The van der Waals surface area contributed by atoms with Crippen LogP contribution in [0.3, 0.4) is 0 Å². The summed E-state index contributed by atoms with van der Waals surface area (Å²) >= 11 is 5.89. The van der Waals surface area contributed by atoms with Crippen molar-refractivity contribution in [1.82, 2.24) is 0 Å². The molecule has 1 aromatic rings. The molecule has 0 spiro atoms. The molecule has 0 saturated heterocycles. The maximum atomic E-state index is 5.89. The van der Waals surface area contributed by atoms with Crippen LogP contribution in [0.25, 0.3) is 0 Å². The van der Waals surface area contributed by atoms with Gasteiger partial charge in [0.15, 0.2) is 0 Å². The Morgan fingerprint density at radius 1 is 0.941 bits per heavy atom. The van der Waals surface area contributed by atoms with Crippen LogP contribution in [0.1, 0.15) is 57.9 Å². The van der Waals surface area contributed by atoms with Crippen LogP contribution in [0.2, 0.25) is 5.02 Å². The van der Waals surface area contributed by atoms with E-state index in [4.69, 9.17) is 11.6 Å². The minimum atomic E-state index is 0.838. The summed E-state index contributed by atoms with van der Waals surface area (Å²) in [4.78, 5) is 0. The predicted octanol–water partition coefficient (Wildman–Crippen LogP) is 5.88. The first-order valence-corrected chi connectivity index (χ1v) is 7.38. The third-order valence-corrected chi connectivity index (χ3v) is 3.67. The number of benzene rings is 1. The number of hydrogen-bond donors (Lipinski definition) is 0. The normalized spacial score (nSPS) is 12.6. The van der Waals surface area contributed by atoms with E-state index < -0.39 is 0 Å². The van der Waals surface area contributed by atoms with Crippen molar-refractivity contribution in [2.75, 3.05) is 0 Å². The molecule has 1 unspecified atom stereocenters. The van der Waals surface area contributed by atoms with Gasteiger partial charge in [-0.2, -0.15) is 0 Å². The Balaban J connectivity index is 2.37. The van der Waals surface area contributed by atoms with Gasteiger partial charge in [0.1, 0.15) is 0 Å². The molecule has 1 rings (SSSR count). The molecule has 1 aromatic carbocycles. The highest BCUT2D eigenvalue weighted by Crippen LogP contribution is 2.21. The fourth-order valence-corrected chi connectivity index (χ4v) is 2.48. The van der Waals surface area contributed by atoms with Gasteiger partial charge in [-0.3, -0.25) is 0 Å². The molecule has 0 heterocycles. The highest BCUT2D eigenvalue weighted by atomic mass is 35.5. The van der Waals surface area contributed by atoms with Crippen LogP contribution in [0.15, 0.2) is 24.3 Å². The van der Waals surface area contributed by atoms with Crippen LogP contribution in [0.4, 0.5) is 0 Å². The molecule has 0 radical (unpaired) electrons. The van der Waals surface area contributed by atoms with Crippen molar-refractivity contribution in [3.63, 3.8) is 0 Å². The zero-order chi connectivity index (χ0) is 12.5. The topological polar surface area (TPSA) is 0 Å². The van der Waals surface area contributed by atoms with Gasteiger partial charge in [0.2, 0.25) is 0 Å². The standard InChI is InChI=1S/C16H25Cl/c1-3-5-7-14(6-4-2)8-9-15-10-12-16(17)13-11-15/h10-14H,3-9H2,1-2H3. The summed E-state index contributed by atoms with van der Waals surface area (Å²) in [6, 6.07) is 8.31. The Kier molecular flexibility index (Phi) is 7.35. The van der Waals surface area contributed by atoms with Crippen LogP contribution in [0.5, 0.6) is 0 Å². The van der Waals surface area contributed by atoms with Gasteiger partial charge in [0.25, 0.3) is 0 Å². The van der Waals surface area contributed by atoms with Crippen LogP contribution in [-0.2, 0) is 6.42 Å². The van der Waals surface area contributed by atoms with E-state index in [9.17, 15) is 0 Å². The van der Waals surface area contributed by atoms with E-state index in [0.29, 0.717) is 0 Å². The molecule has 0 saturated carbocycles. The average Bonchev–Trinajstić information content (AvgIpc) is 2.35. The van der Waals surface area contributed by atoms with Crippen LogP contribution in [-0.4, -0.2) is 0 Å². The third-order valence-electron chi connectivity index (χ3n) is 3.42. The Hall–Kier alpha value is -0.490. The second kappa shape index (κ2) is 8.58. The van der Waals surface area contributed by atoms with Crippen molar-refractivity contribution < 1.29 is 0 Å². The molecule has 0 nitrogen and oxygen atoms in total. The SMILES string of the molecule is CCCCC(CCC)CCc1ccc(Cl)cc1. The van der Waals surface area contributed by atoms with Crippen molar-refractivity contribution >= 4 is 11.6 Å². The molecule has 0 aromatic heterocycles. The lowest BCUT2D eigenvalue weighted by Gasteiger charge is -2.15. The van der Waals surface area contributed by atoms with E-state index in [0.717, 1.165) is 10.9 Å². The monoisotopic (exact) mass is 252 g/mol. The highest BCUT2D eigenvalue weighted by Gasteiger charge is 2.07. The van der Waals surface area contributed by atoms with Gasteiger partial charge in [0.05, 0.1) is 0 Å². The van der Waals surface area contributed by atoms with E-state index in [1.165, 1.54) is 50.5 Å². The first-order valence-electron chi connectivity index (χ1n) is 7.00. The van der Waals surface area contributed by atoms with Crippen LogP contribution < -0.4 is 0 Å². The molecule has 0 aliphatic rings. The van der Waals surface area contributed by atoms with E-state index in [1.54, 1.807) is 0 Å². The number of halogens is 1. The second-order valence-electron chi connectivity index (χ2n) is 4.96. The third kappa shape index (κ3) is 6.12. The van der Waals surface area contributed by atoms with Gasteiger partial charge in [-0.05, 0) is 36.5 Å². The summed E-state index contributed by atoms with van der Waals surface area (Å²) in [7, 11) is 0. The number of hydrogen-bond acceptors (Lipinski definition) is 0. The lowest BCUT2D eigenvalue weighted by Crippen LogP contribution is -2.02. The summed E-state index contributed by atoms with van der Waals surface area (Å²) in [5.74, 6) is 0.913. The molecule has 0 amide bonds. The maximum absolute atomic E-state index is 5.89. The summed E-state index contributed by atoms with van der Waals surface area (Å²) in [6.07, 6.45) is 9.33. The molecule has 0 aliphatic carbocycles. The Morgan fingerprint density at radius 2 is 1.65 bits per heavy atom. The molecule has 0 aliphatic heterocycles. The highest BCUT2D eigenvalue weighted by molar-refractivity contribution is 6.30. The first-order chi connectivity index (χ1) is 8.26. The molecule has 0 bridgehead atoms. The van der Waals surface area contributed by atoms with Crippen molar-refractivity contribution in [1.29, 1.82) is 0 Å². The first kappa shape index (κ1) is 14.6. The second-order valence-corrected chi connectivity index (χ2v) is 5.40. The van der Waals surface area contributed by atoms with Gasteiger partial charge in [-0.1, -0.05) is 69.7 Å². The van der Waals surface area contributed by atoms with Gasteiger partial charge < -0.3 is 0 Å². The molecule has 0 fully saturated rings. The number of aryl methyl sites for hydroxylation is 1. The van der Waals surface area contributed by atoms with Gasteiger partial charge in [0, 0.05) is 5.02 Å². The molecule has 96 valence electrons. The quantitative estimate of drug-likeness (QED) is 0.542. The number of rotatable bonds is 8. The van der Waals surface area contributed by atoms with E-state index in [2.05, 4.69) is 26.0 Å².